The molecule has 0 saturated carbocycles. The van der Waals surface area contributed by atoms with Crippen molar-refractivity contribution < 1.29 is 18.4 Å². The molecule has 0 aliphatic heterocycles. The fourth-order valence-corrected chi connectivity index (χ4v) is 1.93. The first-order valence-electron chi connectivity index (χ1n) is 7.24. The number of carbonyl (C=O) groups excluding carboxylic acids is 2. The third kappa shape index (κ3) is 5.05. The van der Waals surface area contributed by atoms with E-state index in [1.54, 1.807) is 12.1 Å². The number of nitrogens with one attached hydrogen (secondary N) is 2. The van der Waals surface area contributed by atoms with Crippen LogP contribution in [0, 0.1) is 11.6 Å². The number of carbonyl (C=O) groups is 2. The second kappa shape index (κ2) is 8.05. The minimum atomic E-state index is -0.514. The first kappa shape index (κ1) is 17.4. The third-order valence-corrected chi connectivity index (χ3v) is 3.35. The van der Waals surface area contributed by atoms with Gasteiger partial charge in [-0.3, -0.25) is 4.79 Å². The molecule has 2 N–H and O–H groups in total. The zero-order valence-electron chi connectivity index (χ0n) is 13.1. The van der Waals surface area contributed by atoms with Crippen molar-refractivity contribution in [1.82, 2.24) is 10.6 Å². The average molecular weight is 333 g/mol. The summed E-state index contributed by atoms with van der Waals surface area (Å²) in [6.07, 6.45) is 0. The van der Waals surface area contributed by atoms with E-state index >= 15 is 0 Å². The van der Waals surface area contributed by atoms with Crippen molar-refractivity contribution in [2.24, 2.45) is 0 Å². The Kier molecular flexibility index (Phi) is 5.83. The molecule has 0 heterocycles. The number of hydrogen-bond acceptors (Lipinski definition) is 2. The van der Waals surface area contributed by atoms with Crippen LogP contribution in [0.3, 0.4) is 0 Å². The van der Waals surface area contributed by atoms with Gasteiger partial charge in [0.15, 0.2) is 0 Å². The molecule has 0 spiro atoms. The standard InChI is InChI=1S/C17H17F2N3O2/c1-22(15-8-6-14(19)7-9-15)16(23)11-21-17(24)20-10-12-2-4-13(18)5-3-12/h2-9H,10-11H2,1H3,(H2,20,21,24). The molecule has 0 radical (unpaired) electrons. The Bertz CT molecular complexity index is 703. The van der Waals surface area contributed by atoms with Crippen molar-refractivity contribution in [2.75, 3.05) is 18.5 Å². The van der Waals surface area contributed by atoms with Crippen molar-refractivity contribution in [3.8, 4) is 0 Å². The molecule has 0 aliphatic rings. The molecule has 0 aliphatic carbocycles. The van der Waals surface area contributed by atoms with Crippen LogP contribution in [0.2, 0.25) is 0 Å². The second-order valence-corrected chi connectivity index (χ2v) is 5.09. The Morgan fingerprint density at radius 3 is 2.04 bits per heavy atom. The smallest absolute Gasteiger partial charge is 0.315 e. The number of nitrogens with zero attached hydrogens (tertiary/aromatic N) is 1. The van der Waals surface area contributed by atoms with E-state index in [1.165, 1.54) is 48.3 Å². The highest BCUT2D eigenvalue weighted by atomic mass is 19.1. The molecular weight excluding hydrogens is 316 g/mol. The van der Waals surface area contributed by atoms with E-state index in [2.05, 4.69) is 10.6 Å². The van der Waals surface area contributed by atoms with Gasteiger partial charge in [0.1, 0.15) is 11.6 Å². The topological polar surface area (TPSA) is 61.4 Å². The summed E-state index contributed by atoms with van der Waals surface area (Å²) in [5.41, 5.74) is 1.26. The van der Waals surface area contributed by atoms with E-state index < -0.39 is 11.8 Å². The quantitative estimate of drug-likeness (QED) is 0.883. The van der Waals surface area contributed by atoms with Crippen LogP contribution in [0.5, 0.6) is 0 Å². The van der Waals surface area contributed by atoms with Crippen LogP contribution in [0.4, 0.5) is 19.3 Å². The molecule has 7 heteroatoms. The summed E-state index contributed by atoms with van der Waals surface area (Å²) in [5, 5.41) is 5.00. The molecule has 5 nitrogen and oxygen atoms in total. The lowest BCUT2D eigenvalue weighted by Crippen LogP contribution is -2.42. The van der Waals surface area contributed by atoms with E-state index in [0.29, 0.717) is 5.69 Å². The highest BCUT2D eigenvalue weighted by molar-refractivity contribution is 5.96. The first-order valence-corrected chi connectivity index (χ1v) is 7.24. The first-order chi connectivity index (χ1) is 11.5. The van der Waals surface area contributed by atoms with Gasteiger partial charge in [0.25, 0.3) is 0 Å². The SMILES string of the molecule is CN(C(=O)CNC(=O)NCc1ccc(F)cc1)c1ccc(F)cc1. The molecule has 24 heavy (non-hydrogen) atoms. The minimum absolute atomic E-state index is 0.205. The van der Waals surface area contributed by atoms with Gasteiger partial charge in [0, 0.05) is 19.3 Å². The molecule has 2 aromatic carbocycles. The summed E-state index contributed by atoms with van der Waals surface area (Å²) >= 11 is 0. The number of hydrogen-bond donors (Lipinski definition) is 2. The fraction of sp³-hybridized carbons (Fsp3) is 0.176. The van der Waals surface area contributed by atoms with Crippen LogP contribution >= 0.6 is 0 Å². The summed E-state index contributed by atoms with van der Waals surface area (Å²) < 4.78 is 25.6. The van der Waals surface area contributed by atoms with Gasteiger partial charge < -0.3 is 15.5 Å². The molecule has 2 aromatic rings. The van der Waals surface area contributed by atoms with Gasteiger partial charge in [0.2, 0.25) is 5.91 Å². The van der Waals surface area contributed by atoms with Crippen LogP contribution in [0.15, 0.2) is 48.5 Å². The predicted octanol–water partition coefficient (Wildman–Crippen LogP) is 2.43. The van der Waals surface area contributed by atoms with Crippen LogP contribution in [-0.2, 0) is 11.3 Å². The number of benzene rings is 2. The minimum Gasteiger partial charge on any atom is -0.334 e. The summed E-state index contributed by atoms with van der Waals surface area (Å²) in [6.45, 7) is 0.0111. The maximum absolute atomic E-state index is 12.9. The highest BCUT2D eigenvalue weighted by Gasteiger charge is 2.12. The number of amides is 3. The summed E-state index contributed by atoms with van der Waals surface area (Å²) in [5.74, 6) is -1.09. The Balaban J connectivity index is 1.77. The van der Waals surface area contributed by atoms with Gasteiger partial charge in [-0.25, -0.2) is 13.6 Å². The monoisotopic (exact) mass is 333 g/mol. The number of rotatable bonds is 5. The van der Waals surface area contributed by atoms with Gasteiger partial charge in [-0.05, 0) is 42.0 Å². The molecular formula is C17H17F2N3O2. The van der Waals surface area contributed by atoms with E-state index in [-0.39, 0.29) is 24.8 Å². The molecule has 0 unspecified atom stereocenters. The number of urea groups is 1. The van der Waals surface area contributed by atoms with Gasteiger partial charge in [-0.15, -0.1) is 0 Å². The number of likely N-dealkylation sites (N-methyl/N-ethyl adjacent to an activating group) is 1. The number of anilines is 1. The lowest BCUT2D eigenvalue weighted by atomic mass is 10.2. The largest absolute Gasteiger partial charge is 0.334 e. The van der Waals surface area contributed by atoms with Crippen LogP contribution in [0.25, 0.3) is 0 Å². The van der Waals surface area contributed by atoms with Gasteiger partial charge in [-0.1, -0.05) is 12.1 Å². The van der Waals surface area contributed by atoms with Gasteiger partial charge in [-0.2, -0.15) is 0 Å². The summed E-state index contributed by atoms with van der Waals surface area (Å²) in [7, 11) is 1.54. The fourth-order valence-electron chi connectivity index (χ4n) is 1.93. The molecule has 0 fully saturated rings. The normalized spacial score (nSPS) is 10.1. The maximum Gasteiger partial charge on any atom is 0.315 e. The maximum atomic E-state index is 12.9. The van der Waals surface area contributed by atoms with Gasteiger partial charge >= 0.3 is 6.03 Å². The van der Waals surface area contributed by atoms with Crippen molar-refractivity contribution in [2.45, 2.75) is 6.54 Å². The molecule has 126 valence electrons. The average Bonchev–Trinajstić information content (AvgIpc) is 2.59. The molecule has 3 amide bonds. The number of halogens is 2. The zero-order valence-corrected chi connectivity index (χ0v) is 13.1. The Labute approximate surface area is 138 Å². The Morgan fingerprint density at radius 2 is 1.46 bits per heavy atom. The van der Waals surface area contributed by atoms with Crippen molar-refractivity contribution >= 4 is 17.6 Å². The zero-order chi connectivity index (χ0) is 17.5. The predicted molar refractivity (Wildman–Crippen MR) is 86.4 cm³/mol. The summed E-state index contributed by atoms with van der Waals surface area (Å²) in [4.78, 5) is 25.0. The molecule has 0 atom stereocenters. The summed E-state index contributed by atoms with van der Waals surface area (Å²) in [6, 6.07) is 10.7. The third-order valence-electron chi connectivity index (χ3n) is 3.35. The van der Waals surface area contributed by atoms with Crippen LogP contribution < -0.4 is 15.5 Å². The molecule has 0 saturated heterocycles. The Morgan fingerprint density at radius 1 is 0.917 bits per heavy atom. The van der Waals surface area contributed by atoms with E-state index in [0.717, 1.165) is 5.56 Å². The van der Waals surface area contributed by atoms with E-state index in [9.17, 15) is 18.4 Å². The lowest BCUT2D eigenvalue weighted by Gasteiger charge is -2.17. The lowest BCUT2D eigenvalue weighted by molar-refractivity contribution is -0.117. The van der Waals surface area contributed by atoms with Crippen molar-refractivity contribution in [1.29, 1.82) is 0 Å². The van der Waals surface area contributed by atoms with E-state index in [4.69, 9.17) is 0 Å². The van der Waals surface area contributed by atoms with E-state index in [1.807, 2.05) is 0 Å². The van der Waals surface area contributed by atoms with Crippen molar-refractivity contribution in [3.05, 3.63) is 65.7 Å². The molecule has 0 bridgehead atoms. The van der Waals surface area contributed by atoms with Crippen LogP contribution in [0.1, 0.15) is 5.56 Å². The second-order valence-electron chi connectivity index (χ2n) is 5.09. The Hall–Kier alpha value is -2.96. The van der Waals surface area contributed by atoms with Crippen LogP contribution in [-0.4, -0.2) is 25.5 Å². The van der Waals surface area contributed by atoms with Gasteiger partial charge in [0.05, 0.1) is 6.54 Å². The van der Waals surface area contributed by atoms with Crippen molar-refractivity contribution in [3.63, 3.8) is 0 Å². The molecule has 0 aromatic heterocycles. The molecule has 2 rings (SSSR count). The highest BCUT2D eigenvalue weighted by Crippen LogP contribution is 2.12.